The number of rotatable bonds is 2. The zero-order valence-corrected chi connectivity index (χ0v) is 14.2. The third kappa shape index (κ3) is 2.15. The second-order valence-electron chi connectivity index (χ2n) is 5.33. The zero-order valence-electron chi connectivity index (χ0n) is 12.6. The highest BCUT2D eigenvalue weighted by Crippen LogP contribution is 2.54. The van der Waals surface area contributed by atoms with Gasteiger partial charge in [-0.2, -0.15) is 18.4 Å². The summed E-state index contributed by atoms with van der Waals surface area (Å²) in [6.07, 6.45) is -4.81. The van der Waals surface area contributed by atoms with Crippen molar-refractivity contribution in [3.8, 4) is 6.07 Å². The van der Waals surface area contributed by atoms with E-state index < -0.39 is 17.4 Å². The highest BCUT2D eigenvalue weighted by molar-refractivity contribution is 9.12. The smallest absolute Gasteiger partial charge is 0.369 e. The molecule has 0 aromatic heterocycles. The van der Waals surface area contributed by atoms with Crippen LogP contribution in [0.3, 0.4) is 0 Å². The fraction of sp³-hybridized carbons (Fsp3) is 0.312. The van der Waals surface area contributed by atoms with Crippen molar-refractivity contribution in [3.05, 3.63) is 51.8 Å². The Labute approximate surface area is 145 Å². The summed E-state index contributed by atoms with van der Waals surface area (Å²) in [5, 5.41) is 12.3. The van der Waals surface area contributed by atoms with Crippen molar-refractivity contribution in [2.45, 2.75) is 11.8 Å². The number of methoxy groups -OCH3 is 1. The van der Waals surface area contributed by atoms with Crippen LogP contribution in [0.25, 0.3) is 5.70 Å². The fourth-order valence-electron chi connectivity index (χ4n) is 3.09. The van der Waals surface area contributed by atoms with Gasteiger partial charge in [0.05, 0.1) is 10.2 Å². The summed E-state index contributed by atoms with van der Waals surface area (Å²) < 4.78 is 46.7. The van der Waals surface area contributed by atoms with Crippen LogP contribution in [0, 0.1) is 11.3 Å². The van der Waals surface area contributed by atoms with Crippen molar-refractivity contribution >= 4 is 21.6 Å². The summed E-state index contributed by atoms with van der Waals surface area (Å²) >= 11 is 3.11. The molecule has 126 valence electrons. The minimum atomic E-state index is -4.81. The Morgan fingerprint density at radius 3 is 2.54 bits per heavy atom. The lowest BCUT2D eigenvalue weighted by Gasteiger charge is -2.41. The minimum Gasteiger partial charge on any atom is -0.369 e. The number of nitrogens with one attached hydrogen (secondary N) is 1. The van der Waals surface area contributed by atoms with Crippen molar-refractivity contribution in [2.24, 2.45) is 0 Å². The third-order valence-corrected chi connectivity index (χ3v) is 5.07. The van der Waals surface area contributed by atoms with Gasteiger partial charge in [0.1, 0.15) is 17.5 Å². The van der Waals surface area contributed by atoms with E-state index >= 15 is 0 Å². The highest BCUT2D eigenvalue weighted by atomic mass is 79.9. The number of hydrogen-bond donors (Lipinski definition) is 1. The van der Waals surface area contributed by atoms with Gasteiger partial charge in [-0.3, -0.25) is 0 Å². The van der Waals surface area contributed by atoms with Crippen LogP contribution in [-0.4, -0.2) is 36.9 Å². The molecule has 24 heavy (non-hydrogen) atoms. The van der Waals surface area contributed by atoms with E-state index in [2.05, 4.69) is 21.2 Å². The summed E-state index contributed by atoms with van der Waals surface area (Å²) in [6.45, 7) is 0.895. The van der Waals surface area contributed by atoms with E-state index in [1.54, 1.807) is 41.3 Å². The maximum atomic E-state index is 14.0. The molecule has 0 aliphatic carbocycles. The molecule has 3 rings (SSSR count). The predicted molar refractivity (Wildman–Crippen MR) is 85.4 cm³/mol. The van der Waals surface area contributed by atoms with Crippen LogP contribution in [0.2, 0.25) is 0 Å². The number of hydrogen-bond acceptors (Lipinski definition) is 4. The summed E-state index contributed by atoms with van der Waals surface area (Å²) in [5.41, 5.74) is -2.39. The first-order valence-corrected chi connectivity index (χ1v) is 7.91. The first-order chi connectivity index (χ1) is 11.4. The number of halogens is 4. The van der Waals surface area contributed by atoms with Crippen molar-refractivity contribution in [3.63, 3.8) is 0 Å². The van der Waals surface area contributed by atoms with Gasteiger partial charge in [-0.25, -0.2) is 0 Å². The molecule has 0 radical (unpaired) electrons. The first-order valence-electron chi connectivity index (χ1n) is 7.12. The lowest BCUT2D eigenvalue weighted by atomic mass is 9.87. The molecule has 2 heterocycles. The molecule has 1 saturated heterocycles. The molecule has 0 saturated carbocycles. The van der Waals surface area contributed by atoms with Gasteiger partial charge in [0.2, 0.25) is 5.60 Å². The lowest BCUT2D eigenvalue weighted by molar-refractivity contribution is -0.235. The van der Waals surface area contributed by atoms with Crippen LogP contribution in [0.4, 0.5) is 13.2 Å². The number of ether oxygens (including phenoxy) is 1. The molecule has 1 atom stereocenters. The van der Waals surface area contributed by atoms with E-state index in [1.807, 2.05) is 0 Å². The summed E-state index contributed by atoms with van der Waals surface area (Å²) in [4.78, 5) is 1.68. The molecule has 2 aliphatic rings. The Morgan fingerprint density at radius 1 is 1.33 bits per heavy atom. The second-order valence-corrected chi connectivity index (χ2v) is 6.12. The molecular formula is C16H13BrF3N3O. The third-order valence-electron chi connectivity index (χ3n) is 4.14. The number of fused-ring (bicyclic) bond motifs is 1. The monoisotopic (exact) mass is 399 g/mol. The van der Waals surface area contributed by atoms with Crippen LogP contribution in [0.5, 0.6) is 0 Å². The molecule has 8 heteroatoms. The maximum absolute atomic E-state index is 14.0. The fourth-order valence-corrected chi connectivity index (χ4v) is 4.11. The van der Waals surface area contributed by atoms with Crippen molar-refractivity contribution in [2.75, 3.05) is 20.2 Å². The highest BCUT2D eigenvalue weighted by Gasteiger charge is 2.65. The molecule has 0 spiro atoms. The van der Waals surface area contributed by atoms with E-state index in [1.165, 1.54) is 0 Å². The van der Waals surface area contributed by atoms with E-state index in [9.17, 15) is 18.4 Å². The topological polar surface area (TPSA) is 48.3 Å². The normalized spacial score (nSPS) is 23.9. The van der Waals surface area contributed by atoms with Gasteiger partial charge in [-0.15, -0.1) is 0 Å². The summed E-state index contributed by atoms with van der Waals surface area (Å²) in [6, 6.07) is 10.4. The average Bonchev–Trinajstić information content (AvgIpc) is 3.02. The Morgan fingerprint density at radius 2 is 2.00 bits per heavy atom. The van der Waals surface area contributed by atoms with Crippen molar-refractivity contribution in [1.82, 2.24) is 10.2 Å². The van der Waals surface area contributed by atoms with Gasteiger partial charge in [0.25, 0.3) is 0 Å². The quantitative estimate of drug-likeness (QED) is 0.828. The number of benzene rings is 1. The average molecular weight is 400 g/mol. The van der Waals surface area contributed by atoms with Crippen LogP contribution in [-0.2, 0) is 4.74 Å². The van der Waals surface area contributed by atoms with E-state index in [0.29, 0.717) is 24.4 Å². The second kappa shape index (κ2) is 5.83. The van der Waals surface area contributed by atoms with E-state index in [4.69, 9.17) is 4.74 Å². The number of nitriles is 1. The largest absolute Gasteiger partial charge is 0.427 e. The molecule has 2 aliphatic heterocycles. The molecule has 0 bridgehead atoms. The Bertz CT molecular complexity index is 767. The molecule has 1 aromatic carbocycles. The SMILES string of the molecule is COC1(C(F)(F)F)C(Br)=C(c2ccccc2)N2CCNC2=C1C#N. The molecule has 4 nitrogen and oxygen atoms in total. The van der Waals surface area contributed by atoms with E-state index in [0.717, 1.165) is 7.11 Å². The van der Waals surface area contributed by atoms with Gasteiger partial charge < -0.3 is 15.0 Å². The maximum Gasteiger partial charge on any atom is 0.427 e. The Kier molecular flexibility index (Phi) is 4.10. The van der Waals surface area contributed by atoms with E-state index in [-0.39, 0.29) is 10.3 Å². The van der Waals surface area contributed by atoms with Gasteiger partial charge in [-0.05, 0) is 21.5 Å². The number of alkyl halides is 3. The lowest BCUT2D eigenvalue weighted by Crippen LogP contribution is -2.53. The summed E-state index contributed by atoms with van der Waals surface area (Å²) in [7, 11) is 0.958. The molecular weight excluding hydrogens is 387 g/mol. The minimum absolute atomic E-state index is 0.138. The van der Waals surface area contributed by atoms with Crippen LogP contribution < -0.4 is 5.32 Å². The van der Waals surface area contributed by atoms with Crippen LogP contribution >= 0.6 is 15.9 Å². The van der Waals surface area contributed by atoms with Crippen LogP contribution in [0.1, 0.15) is 5.56 Å². The Hall–Kier alpha value is -1.98. The van der Waals surface area contributed by atoms with Crippen molar-refractivity contribution < 1.29 is 17.9 Å². The standard InChI is InChI=1S/C16H13BrF3N3O/c1-24-15(16(18,19)20)11(9-21)14-22-7-8-23(14)12(13(15)17)10-5-3-2-4-6-10/h2-6,22H,7-8H2,1H3. The van der Waals surface area contributed by atoms with Gasteiger partial charge >= 0.3 is 6.18 Å². The first kappa shape index (κ1) is 16.9. The summed E-state index contributed by atoms with van der Waals surface area (Å²) in [5.74, 6) is 0.138. The molecule has 1 N–H and O–H groups in total. The van der Waals surface area contributed by atoms with Gasteiger partial charge in [-0.1, -0.05) is 30.3 Å². The molecule has 1 unspecified atom stereocenters. The number of nitrogens with zero attached hydrogens (tertiary/aromatic N) is 2. The predicted octanol–water partition coefficient (Wildman–Crippen LogP) is 3.35. The van der Waals surface area contributed by atoms with Crippen molar-refractivity contribution in [1.29, 1.82) is 5.26 Å². The Balaban J connectivity index is 2.36. The zero-order chi connectivity index (χ0) is 17.5. The molecule has 1 fully saturated rings. The molecule has 1 aromatic rings. The van der Waals surface area contributed by atoms with Crippen LogP contribution in [0.15, 0.2) is 46.2 Å². The van der Waals surface area contributed by atoms with Gasteiger partial charge in [0, 0.05) is 20.2 Å². The van der Waals surface area contributed by atoms with Gasteiger partial charge in [0.15, 0.2) is 0 Å². The molecule has 0 amide bonds.